The van der Waals surface area contributed by atoms with Gasteiger partial charge in [-0.15, -0.1) is 0 Å². The highest BCUT2D eigenvalue weighted by atomic mass is 16.3. The van der Waals surface area contributed by atoms with E-state index in [9.17, 15) is 6.57 Å². The van der Waals surface area contributed by atoms with Crippen molar-refractivity contribution in [3.05, 3.63) is 297 Å². The van der Waals surface area contributed by atoms with Crippen LogP contribution in [0.2, 0.25) is 0 Å². The Kier molecular flexibility index (Phi) is 11.2. The molecule has 16 aromatic rings. The number of furan rings is 1. The summed E-state index contributed by atoms with van der Waals surface area (Å²) in [5.74, 6) is 0.612. The molecule has 0 saturated heterocycles. The highest BCUT2D eigenvalue weighted by Gasteiger charge is 2.29. The lowest BCUT2D eigenvalue weighted by Crippen LogP contribution is -2.05. The highest BCUT2D eigenvalue weighted by molar-refractivity contribution is 6.21. The minimum atomic E-state index is 0.447. The van der Waals surface area contributed by atoms with Crippen LogP contribution in [0.4, 0.5) is 5.69 Å². The first-order valence-corrected chi connectivity index (χ1v) is 27.9. The summed E-state index contributed by atoms with van der Waals surface area (Å²) in [5, 5.41) is 6.10. The molecule has 0 amide bonds. The number of fused-ring (bicyclic) bond motifs is 9. The van der Waals surface area contributed by atoms with E-state index in [0.717, 1.165) is 138 Å². The van der Waals surface area contributed by atoms with Crippen molar-refractivity contribution in [2.24, 2.45) is 0 Å². The van der Waals surface area contributed by atoms with Crippen LogP contribution >= 0.6 is 0 Å². The zero-order valence-corrected chi connectivity index (χ0v) is 44.8. The molecule has 83 heavy (non-hydrogen) atoms. The number of para-hydroxylation sites is 1. The van der Waals surface area contributed by atoms with Gasteiger partial charge in [0.05, 0.1) is 56.8 Å². The van der Waals surface area contributed by atoms with Gasteiger partial charge in [0.15, 0.2) is 5.82 Å². The summed E-state index contributed by atoms with van der Waals surface area (Å²) in [6.45, 7) is 9.33. The molecule has 0 spiro atoms. The average molecular weight is 1060 g/mol. The van der Waals surface area contributed by atoms with Crippen molar-refractivity contribution in [2.45, 2.75) is 0 Å². The van der Waals surface area contributed by atoms with Crippen molar-refractivity contribution in [3.8, 4) is 89.8 Å². The lowest BCUT2D eigenvalue weighted by Gasteiger charge is -2.20. The van der Waals surface area contributed by atoms with E-state index >= 15 is 0 Å². The van der Waals surface area contributed by atoms with Crippen LogP contribution in [0.25, 0.3) is 160 Å². The van der Waals surface area contributed by atoms with Crippen molar-refractivity contribution in [1.82, 2.24) is 19.1 Å². The van der Waals surface area contributed by atoms with E-state index in [-0.39, 0.29) is 0 Å². The van der Waals surface area contributed by atoms with Crippen LogP contribution in [0.3, 0.4) is 0 Å². The predicted octanol–water partition coefficient (Wildman–Crippen LogP) is 20.8. The molecule has 0 aliphatic rings. The summed E-state index contributed by atoms with van der Waals surface area (Å²) in [6.07, 6.45) is 0. The number of aromatic nitrogens is 4. The molecule has 12 aromatic carbocycles. The first kappa shape index (κ1) is 47.6. The minimum absolute atomic E-state index is 0.447. The SMILES string of the molecule is [C-]#[N+]c1cc2oc3c(-c4cc(-c5ccccc5)nc(-c5ccccc5)n4)cccc3c2c(-n2c3ccc(-c4ccccc4)cc3c3cc(-c4ccccc4)ccc32)c1-n1c2ccc(-c3ccccc3)cc2c2cc(-c3ccccc3)ccc21. The van der Waals surface area contributed by atoms with Crippen LogP contribution < -0.4 is 0 Å². The van der Waals surface area contributed by atoms with E-state index in [1.165, 1.54) is 0 Å². The lowest BCUT2D eigenvalue weighted by molar-refractivity contribution is 0.670. The summed E-state index contributed by atoms with van der Waals surface area (Å²) in [6, 6.07) is 100. The maximum atomic E-state index is 9.33. The summed E-state index contributed by atoms with van der Waals surface area (Å²) < 4.78 is 12.1. The number of rotatable bonds is 9. The first-order chi connectivity index (χ1) is 41.1. The molecule has 0 unspecified atom stereocenters. The number of nitrogens with zero attached hydrogens (tertiary/aromatic N) is 5. The van der Waals surface area contributed by atoms with Gasteiger partial charge in [-0.2, -0.15) is 0 Å². The van der Waals surface area contributed by atoms with E-state index in [4.69, 9.17) is 14.4 Å². The quantitative estimate of drug-likeness (QED) is 0.135. The summed E-state index contributed by atoms with van der Waals surface area (Å²) in [5.41, 5.74) is 20.4. The molecule has 0 aliphatic heterocycles. The fraction of sp³-hybridized carbons (Fsp3) is 0. The molecule has 0 fully saturated rings. The van der Waals surface area contributed by atoms with Crippen LogP contribution in [-0.4, -0.2) is 19.1 Å². The molecule has 4 heterocycles. The maximum absolute atomic E-state index is 9.33. The molecule has 0 radical (unpaired) electrons. The van der Waals surface area contributed by atoms with E-state index in [1.54, 1.807) is 0 Å². The molecule has 0 N–H and O–H groups in total. The highest BCUT2D eigenvalue weighted by Crippen LogP contribution is 2.50. The van der Waals surface area contributed by atoms with Gasteiger partial charge in [0.2, 0.25) is 5.69 Å². The Morgan fingerprint density at radius 2 is 0.699 bits per heavy atom. The maximum Gasteiger partial charge on any atom is 0.216 e. The van der Waals surface area contributed by atoms with E-state index < -0.39 is 0 Å². The summed E-state index contributed by atoms with van der Waals surface area (Å²) in [4.78, 5) is 15.0. The second kappa shape index (κ2) is 19.5. The fourth-order valence-electron chi connectivity index (χ4n) is 12.5. The fourth-order valence-corrected chi connectivity index (χ4v) is 12.5. The Hall–Kier alpha value is -11.4. The van der Waals surface area contributed by atoms with Crippen molar-refractivity contribution < 1.29 is 4.42 Å². The van der Waals surface area contributed by atoms with Crippen molar-refractivity contribution in [2.75, 3.05) is 0 Å². The van der Waals surface area contributed by atoms with Crippen LogP contribution in [0, 0.1) is 6.57 Å². The Bertz CT molecular complexity index is 4980. The van der Waals surface area contributed by atoms with Gasteiger partial charge < -0.3 is 13.6 Å². The zero-order valence-electron chi connectivity index (χ0n) is 44.8. The molecule has 386 valence electrons. The van der Waals surface area contributed by atoms with E-state index in [1.807, 2.05) is 54.6 Å². The molecule has 4 aromatic heterocycles. The van der Waals surface area contributed by atoms with Gasteiger partial charge in [0, 0.05) is 43.6 Å². The summed E-state index contributed by atoms with van der Waals surface area (Å²) >= 11 is 0. The van der Waals surface area contributed by atoms with Crippen molar-refractivity contribution in [3.63, 3.8) is 0 Å². The monoisotopic (exact) mass is 1060 g/mol. The molecule has 16 rings (SSSR count). The van der Waals surface area contributed by atoms with Gasteiger partial charge in [0.25, 0.3) is 0 Å². The normalized spacial score (nSPS) is 11.6. The second-order valence-corrected chi connectivity index (χ2v) is 21.1. The topological polar surface area (TPSA) is 53.1 Å². The van der Waals surface area contributed by atoms with Gasteiger partial charge in [-0.05, 0) is 111 Å². The largest absolute Gasteiger partial charge is 0.457 e. The molecular weight excluding hydrogens is 1010 g/mol. The van der Waals surface area contributed by atoms with Crippen LogP contribution in [0.1, 0.15) is 0 Å². The van der Waals surface area contributed by atoms with Crippen molar-refractivity contribution in [1.29, 1.82) is 0 Å². The number of hydrogen-bond donors (Lipinski definition) is 0. The van der Waals surface area contributed by atoms with Gasteiger partial charge in [0.1, 0.15) is 11.2 Å². The Balaban J connectivity index is 1.06. The molecule has 0 bridgehead atoms. The molecule has 0 aliphatic carbocycles. The lowest BCUT2D eigenvalue weighted by atomic mass is 10.0. The molecule has 0 atom stereocenters. The molecule has 0 saturated carbocycles. The zero-order chi connectivity index (χ0) is 55.0. The standard InChI is InChI=1S/C77H47N5O/c1-78-67-48-72-73(60-34-20-33-59(76(60)83-72)66-47-65(53-29-16-6-17-30-53)79-77(80-66)54-31-18-7-19-32-54)75(82-70-41-37-57(51-25-12-4-13-26-51)45-63(70)64-46-58(38-42-71(64)82)52-27-14-5-15-28-52)74(67)81-68-39-35-55(49-21-8-2-9-22-49)43-61(68)62-44-56(36-40-69(62)81)50-23-10-3-11-24-50/h2-48H. The third-order valence-corrected chi connectivity index (χ3v) is 16.3. The Labute approximate surface area is 478 Å². The van der Waals surface area contributed by atoms with Gasteiger partial charge in [-0.1, -0.05) is 218 Å². The first-order valence-electron chi connectivity index (χ1n) is 27.9. The van der Waals surface area contributed by atoms with E-state index in [2.05, 4.69) is 245 Å². The second-order valence-electron chi connectivity index (χ2n) is 21.1. The van der Waals surface area contributed by atoms with Gasteiger partial charge >= 0.3 is 0 Å². The Morgan fingerprint density at radius 3 is 1.12 bits per heavy atom. The number of hydrogen-bond acceptors (Lipinski definition) is 3. The van der Waals surface area contributed by atoms with E-state index in [0.29, 0.717) is 22.7 Å². The van der Waals surface area contributed by atoms with Crippen LogP contribution in [-0.2, 0) is 0 Å². The van der Waals surface area contributed by atoms with Crippen molar-refractivity contribution >= 4 is 71.2 Å². The van der Waals surface area contributed by atoms with Gasteiger partial charge in [-0.25, -0.2) is 14.8 Å². The van der Waals surface area contributed by atoms with Crippen LogP contribution in [0.15, 0.2) is 290 Å². The molecular formula is C77H47N5O. The Morgan fingerprint density at radius 1 is 0.313 bits per heavy atom. The smallest absolute Gasteiger partial charge is 0.216 e. The third-order valence-electron chi connectivity index (χ3n) is 16.3. The third kappa shape index (κ3) is 7.94. The minimum Gasteiger partial charge on any atom is -0.457 e. The van der Waals surface area contributed by atoms with Gasteiger partial charge in [-0.3, -0.25) is 0 Å². The van der Waals surface area contributed by atoms with Crippen LogP contribution in [0.5, 0.6) is 0 Å². The summed E-state index contributed by atoms with van der Waals surface area (Å²) in [7, 11) is 0. The predicted molar refractivity (Wildman–Crippen MR) is 342 cm³/mol. The molecule has 6 heteroatoms. The number of benzene rings is 12. The molecule has 6 nitrogen and oxygen atoms in total. The average Bonchev–Trinajstić information content (AvgIpc) is 1.81.